The predicted molar refractivity (Wildman–Crippen MR) is 71.1 cm³/mol. The van der Waals surface area contributed by atoms with Gasteiger partial charge >= 0.3 is 0 Å². The van der Waals surface area contributed by atoms with E-state index in [0.29, 0.717) is 21.4 Å². The average Bonchev–Trinajstić information content (AvgIpc) is 2.27. The number of aliphatic hydroxyl groups excluding tert-OH is 1. The van der Waals surface area contributed by atoms with Crippen LogP contribution in [0.15, 0.2) is 39.1 Å². The quantitative estimate of drug-likeness (QED) is 0.848. The number of aliphatic hydroxyl groups is 1. The van der Waals surface area contributed by atoms with Crippen LogP contribution in [0.4, 0.5) is 0 Å². The summed E-state index contributed by atoms with van der Waals surface area (Å²) in [4.78, 5) is 19.0. The van der Waals surface area contributed by atoms with Gasteiger partial charge in [0.05, 0.1) is 6.61 Å². The molecular formula is C12H11ClN2O2S. The fraction of sp³-hybridized carbons (Fsp3) is 0.167. The topological polar surface area (TPSA) is 66.0 Å². The van der Waals surface area contributed by atoms with Crippen molar-refractivity contribution in [2.24, 2.45) is 0 Å². The molecule has 2 N–H and O–H groups in total. The molecule has 0 saturated heterocycles. The molecule has 94 valence electrons. The number of aromatic nitrogens is 2. The van der Waals surface area contributed by atoms with Gasteiger partial charge in [0.15, 0.2) is 5.16 Å². The molecule has 1 aromatic heterocycles. The van der Waals surface area contributed by atoms with Crippen molar-refractivity contribution in [3.05, 3.63) is 50.9 Å². The lowest BCUT2D eigenvalue weighted by Gasteiger charge is -2.08. The Morgan fingerprint density at radius 1 is 1.50 bits per heavy atom. The molecule has 2 rings (SSSR count). The molecule has 4 nitrogen and oxygen atoms in total. The van der Waals surface area contributed by atoms with Crippen molar-refractivity contribution >= 4 is 23.4 Å². The number of rotatable bonds is 3. The number of hydrogen-bond donors (Lipinski definition) is 2. The minimum absolute atomic E-state index is 0.155. The summed E-state index contributed by atoms with van der Waals surface area (Å²) >= 11 is 7.26. The summed E-state index contributed by atoms with van der Waals surface area (Å²) in [7, 11) is 0. The second-order valence-corrected chi connectivity index (χ2v) is 5.11. The summed E-state index contributed by atoms with van der Waals surface area (Å²) in [5.41, 5.74) is 1.08. The smallest absolute Gasteiger partial charge is 0.251 e. The van der Waals surface area contributed by atoms with Crippen molar-refractivity contribution in [1.82, 2.24) is 9.97 Å². The second-order valence-electron chi connectivity index (χ2n) is 3.67. The molecule has 0 amide bonds. The predicted octanol–water partition coefficient (Wildman–Crippen LogP) is 2.38. The van der Waals surface area contributed by atoms with E-state index in [9.17, 15) is 9.90 Å². The zero-order valence-corrected chi connectivity index (χ0v) is 11.2. The maximum absolute atomic E-state index is 11.3. The van der Waals surface area contributed by atoms with Gasteiger partial charge in [-0.05, 0) is 19.1 Å². The third-order valence-corrected chi connectivity index (χ3v) is 3.63. The van der Waals surface area contributed by atoms with E-state index in [1.165, 1.54) is 17.8 Å². The van der Waals surface area contributed by atoms with E-state index < -0.39 is 0 Å². The van der Waals surface area contributed by atoms with E-state index in [4.69, 9.17) is 11.6 Å². The summed E-state index contributed by atoms with van der Waals surface area (Å²) in [5, 5.41) is 10.3. The number of nitrogens with zero attached hydrogens (tertiary/aromatic N) is 1. The first-order valence-electron chi connectivity index (χ1n) is 5.24. The van der Waals surface area contributed by atoms with E-state index in [1.54, 1.807) is 19.1 Å². The Hall–Kier alpha value is -1.30. The van der Waals surface area contributed by atoms with Crippen molar-refractivity contribution in [3.8, 4) is 0 Å². The van der Waals surface area contributed by atoms with Crippen LogP contribution in [0.3, 0.4) is 0 Å². The van der Waals surface area contributed by atoms with Crippen molar-refractivity contribution in [1.29, 1.82) is 0 Å². The molecule has 2 aromatic rings. The Morgan fingerprint density at radius 3 is 2.94 bits per heavy atom. The first kappa shape index (κ1) is 13.1. The lowest BCUT2D eigenvalue weighted by Crippen LogP contribution is -2.08. The number of aromatic amines is 1. The zero-order chi connectivity index (χ0) is 13.1. The summed E-state index contributed by atoms with van der Waals surface area (Å²) in [5.74, 6) is 0. The Bertz CT molecular complexity index is 628. The van der Waals surface area contributed by atoms with Crippen molar-refractivity contribution < 1.29 is 5.11 Å². The highest BCUT2D eigenvalue weighted by Crippen LogP contribution is 2.31. The van der Waals surface area contributed by atoms with E-state index in [2.05, 4.69) is 9.97 Å². The Morgan fingerprint density at radius 2 is 2.28 bits per heavy atom. The standard InChI is InChI=1S/C12H11ClN2O2S/c1-7-5-11(17)15-12(14-7)18-10-4-2-3-9(13)8(10)6-16/h2-5,16H,6H2,1H3,(H,14,15,17). The molecule has 0 aliphatic rings. The monoisotopic (exact) mass is 282 g/mol. The van der Waals surface area contributed by atoms with E-state index >= 15 is 0 Å². The van der Waals surface area contributed by atoms with Gasteiger partial charge in [-0.25, -0.2) is 4.98 Å². The molecule has 0 fully saturated rings. The second kappa shape index (κ2) is 5.56. The molecule has 0 radical (unpaired) electrons. The molecule has 0 aliphatic carbocycles. The lowest BCUT2D eigenvalue weighted by molar-refractivity contribution is 0.279. The van der Waals surface area contributed by atoms with Crippen molar-refractivity contribution in [2.45, 2.75) is 23.6 Å². The zero-order valence-electron chi connectivity index (χ0n) is 9.61. The van der Waals surface area contributed by atoms with Crippen LogP contribution in [-0.4, -0.2) is 15.1 Å². The fourth-order valence-electron chi connectivity index (χ4n) is 1.49. The van der Waals surface area contributed by atoms with Gasteiger partial charge < -0.3 is 10.1 Å². The minimum atomic E-state index is -0.197. The molecule has 0 atom stereocenters. The van der Waals surface area contributed by atoms with Gasteiger partial charge in [-0.1, -0.05) is 29.4 Å². The molecule has 0 aliphatic heterocycles. The number of hydrogen-bond acceptors (Lipinski definition) is 4. The lowest BCUT2D eigenvalue weighted by atomic mass is 10.2. The van der Waals surface area contributed by atoms with Gasteiger partial charge in [0.25, 0.3) is 5.56 Å². The highest BCUT2D eigenvalue weighted by Gasteiger charge is 2.09. The molecule has 0 spiro atoms. The van der Waals surface area contributed by atoms with Gasteiger partial charge in [-0.3, -0.25) is 4.79 Å². The van der Waals surface area contributed by atoms with E-state index in [0.717, 1.165) is 4.90 Å². The fourth-order valence-corrected chi connectivity index (χ4v) is 2.78. The summed E-state index contributed by atoms with van der Waals surface area (Å²) < 4.78 is 0. The molecule has 18 heavy (non-hydrogen) atoms. The van der Waals surface area contributed by atoms with Gasteiger partial charge in [0, 0.05) is 27.2 Å². The highest BCUT2D eigenvalue weighted by atomic mass is 35.5. The largest absolute Gasteiger partial charge is 0.392 e. The van der Waals surface area contributed by atoms with Crippen LogP contribution in [0.25, 0.3) is 0 Å². The Kier molecular flexibility index (Phi) is 4.06. The third-order valence-electron chi connectivity index (χ3n) is 2.29. The van der Waals surface area contributed by atoms with Crippen LogP contribution in [0, 0.1) is 6.92 Å². The van der Waals surface area contributed by atoms with Crippen LogP contribution >= 0.6 is 23.4 Å². The molecular weight excluding hydrogens is 272 g/mol. The number of aryl methyl sites for hydroxylation is 1. The van der Waals surface area contributed by atoms with Gasteiger partial charge in [-0.2, -0.15) is 0 Å². The Labute approximate surface area is 113 Å². The number of halogens is 1. The normalized spacial score (nSPS) is 10.6. The van der Waals surface area contributed by atoms with Gasteiger partial charge in [0.2, 0.25) is 0 Å². The number of benzene rings is 1. The molecule has 1 aromatic carbocycles. The average molecular weight is 283 g/mol. The number of nitrogens with one attached hydrogen (secondary N) is 1. The molecule has 1 heterocycles. The Balaban J connectivity index is 2.39. The van der Waals surface area contributed by atoms with Crippen LogP contribution in [-0.2, 0) is 6.61 Å². The highest BCUT2D eigenvalue weighted by molar-refractivity contribution is 7.99. The molecule has 6 heteroatoms. The van der Waals surface area contributed by atoms with Crippen molar-refractivity contribution in [2.75, 3.05) is 0 Å². The first-order valence-corrected chi connectivity index (χ1v) is 6.43. The maximum atomic E-state index is 11.3. The third kappa shape index (κ3) is 2.93. The van der Waals surface area contributed by atoms with Crippen LogP contribution in [0.1, 0.15) is 11.3 Å². The van der Waals surface area contributed by atoms with E-state index in [-0.39, 0.29) is 12.2 Å². The molecule has 0 unspecified atom stereocenters. The molecule has 0 bridgehead atoms. The van der Waals surface area contributed by atoms with Gasteiger partial charge in [0.1, 0.15) is 0 Å². The summed E-state index contributed by atoms with van der Waals surface area (Å²) in [6.45, 7) is 1.60. The van der Waals surface area contributed by atoms with Crippen molar-refractivity contribution in [3.63, 3.8) is 0 Å². The summed E-state index contributed by atoms with van der Waals surface area (Å²) in [6.07, 6.45) is 0. The maximum Gasteiger partial charge on any atom is 0.251 e. The summed E-state index contributed by atoms with van der Waals surface area (Å²) in [6, 6.07) is 6.75. The SMILES string of the molecule is Cc1cc(=O)[nH]c(Sc2cccc(Cl)c2CO)n1. The minimum Gasteiger partial charge on any atom is -0.392 e. The van der Waals surface area contributed by atoms with Crippen LogP contribution in [0.2, 0.25) is 5.02 Å². The van der Waals surface area contributed by atoms with Gasteiger partial charge in [-0.15, -0.1) is 0 Å². The van der Waals surface area contributed by atoms with Crippen LogP contribution in [0.5, 0.6) is 0 Å². The van der Waals surface area contributed by atoms with Crippen LogP contribution < -0.4 is 5.56 Å². The number of H-pyrrole nitrogens is 1. The van der Waals surface area contributed by atoms with E-state index in [1.807, 2.05) is 6.07 Å². The molecule has 0 saturated carbocycles. The first-order chi connectivity index (χ1) is 8.60.